The van der Waals surface area contributed by atoms with Gasteiger partial charge in [-0.3, -0.25) is 4.79 Å². The highest BCUT2D eigenvalue weighted by Crippen LogP contribution is 2.31. The molecule has 9 heteroatoms. The van der Waals surface area contributed by atoms with E-state index in [0.717, 1.165) is 6.42 Å². The predicted octanol–water partition coefficient (Wildman–Crippen LogP) is 1.82. The van der Waals surface area contributed by atoms with Crippen molar-refractivity contribution in [3.05, 3.63) is 28.6 Å². The first kappa shape index (κ1) is 14.2. The maximum atomic E-state index is 11.9. The largest absolute Gasteiger partial charge is 0.495 e. The van der Waals surface area contributed by atoms with Gasteiger partial charge in [0.2, 0.25) is 5.91 Å². The number of hydrogen-bond acceptors (Lipinski definition) is 4. The molecular formula is C11H12N4O4S. The predicted molar refractivity (Wildman–Crippen MR) is 70.9 cm³/mol. The third-order valence-electron chi connectivity index (χ3n) is 2.95. The molecule has 20 heavy (non-hydrogen) atoms. The van der Waals surface area contributed by atoms with Gasteiger partial charge in [0.15, 0.2) is 0 Å². The monoisotopic (exact) mass is 296 g/mol. The summed E-state index contributed by atoms with van der Waals surface area (Å²) in [6.45, 7) is 0.534. The maximum absolute atomic E-state index is 11.9. The van der Waals surface area contributed by atoms with Crippen molar-refractivity contribution in [2.75, 3.05) is 18.6 Å². The highest BCUT2D eigenvalue weighted by molar-refractivity contribution is 7.90. The summed E-state index contributed by atoms with van der Waals surface area (Å²) in [4.78, 5) is 15.2. The van der Waals surface area contributed by atoms with Crippen LogP contribution in [0.3, 0.4) is 0 Å². The fraction of sp³-hybridized carbons (Fsp3) is 0.364. The number of ether oxygens (including phenoxy) is 1. The number of benzene rings is 1. The lowest BCUT2D eigenvalue weighted by Gasteiger charge is -2.17. The van der Waals surface area contributed by atoms with Gasteiger partial charge in [0.25, 0.3) is 10.0 Å². The molecule has 0 unspecified atom stereocenters. The molecule has 0 atom stereocenters. The third kappa shape index (κ3) is 2.54. The smallest absolute Gasteiger partial charge is 0.268 e. The zero-order chi connectivity index (χ0) is 14.8. The van der Waals surface area contributed by atoms with E-state index >= 15 is 0 Å². The molecule has 8 nitrogen and oxygen atoms in total. The Morgan fingerprint density at radius 3 is 2.75 bits per heavy atom. The summed E-state index contributed by atoms with van der Waals surface area (Å²) < 4.78 is 31.5. The molecule has 0 N–H and O–H groups in total. The van der Waals surface area contributed by atoms with Crippen LogP contribution in [0, 0.1) is 0 Å². The quantitative estimate of drug-likeness (QED) is 0.479. The molecule has 2 rings (SSSR count). The Hall–Kier alpha value is -2.25. The molecule has 0 spiro atoms. The second-order valence-electron chi connectivity index (χ2n) is 4.13. The van der Waals surface area contributed by atoms with Crippen LogP contribution in [0.2, 0.25) is 0 Å². The average molecular weight is 296 g/mol. The Labute approximate surface area is 115 Å². The van der Waals surface area contributed by atoms with Gasteiger partial charge in [-0.2, -0.15) is 0 Å². The topological polar surface area (TPSA) is 112 Å². The van der Waals surface area contributed by atoms with Crippen LogP contribution < -0.4 is 9.64 Å². The van der Waals surface area contributed by atoms with Crippen LogP contribution in [0.1, 0.15) is 12.8 Å². The molecule has 1 saturated heterocycles. The molecule has 1 heterocycles. The minimum Gasteiger partial charge on any atom is -0.495 e. The number of nitrogens with zero attached hydrogens (tertiary/aromatic N) is 4. The minimum atomic E-state index is -4.18. The standard InChI is InChI=1S/C11H12N4O4S/c1-19-9-5-4-8(15-6-2-3-11(15)16)7-10(9)20(17,18)14-13-12/h4-5,7H,2-3,6H2,1H3. The van der Waals surface area contributed by atoms with Crippen LogP contribution >= 0.6 is 0 Å². The SMILES string of the molecule is COc1ccc(N2CCCC2=O)cc1S(=O)(=O)N=[N+]=[N-]. The summed E-state index contributed by atoms with van der Waals surface area (Å²) in [5.74, 6) is -0.00454. The van der Waals surface area contributed by atoms with Gasteiger partial charge in [-0.25, -0.2) is 8.42 Å². The van der Waals surface area contributed by atoms with Crippen molar-refractivity contribution in [1.29, 1.82) is 0 Å². The summed E-state index contributed by atoms with van der Waals surface area (Å²) >= 11 is 0. The van der Waals surface area contributed by atoms with Crippen LogP contribution in [-0.4, -0.2) is 28.0 Å². The van der Waals surface area contributed by atoms with Gasteiger partial charge in [-0.05, 0) is 30.2 Å². The number of azide groups is 1. The Kier molecular flexibility index (Phi) is 3.82. The van der Waals surface area contributed by atoms with E-state index < -0.39 is 10.0 Å². The second kappa shape index (κ2) is 5.40. The summed E-state index contributed by atoms with van der Waals surface area (Å²) in [6, 6.07) is 4.31. The highest BCUT2D eigenvalue weighted by Gasteiger charge is 2.25. The van der Waals surface area contributed by atoms with Gasteiger partial charge in [0, 0.05) is 28.1 Å². The number of anilines is 1. The number of carbonyl (C=O) groups is 1. The van der Waals surface area contributed by atoms with Gasteiger partial charge in [0.05, 0.1) is 7.11 Å². The molecule has 106 valence electrons. The first-order valence-electron chi connectivity index (χ1n) is 5.79. The van der Waals surface area contributed by atoms with Crippen molar-refractivity contribution in [2.24, 2.45) is 4.52 Å². The number of sulfonamides is 1. The average Bonchev–Trinajstić information content (AvgIpc) is 2.84. The number of hydrogen-bond donors (Lipinski definition) is 0. The molecule has 0 radical (unpaired) electrons. The number of amides is 1. The summed E-state index contributed by atoms with van der Waals surface area (Å²) in [5, 5.41) is 0. The molecule has 1 aromatic carbocycles. The van der Waals surface area contributed by atoms with E-state index in [9.17, 15) is 13.2 Å². The first-order valence-corrected chi connectivity index (χ1v) is 7.23. The van der Waals surface area contributed by atoms with E-state index in [1.54, 1.807) is 6.07 Å². The molecule has 0 saturated carbocycles. The molecular weight excluding hydrogens is 284 g/mol. The van der Waals surface area contributed by atoms with Crippen molar-refractivity contribution in [3.8, 4) is 5.75 Å². The Balaban J connectivity index is 2.55. The van der Waals surface area contributed by atoms with Gasteiger partial charge < -0.3 is 9.64 Å². The second-order valence-corrected chi connectivity index (χ2v) is 5.68. The van der Waals surface area contributed by atoms with Crippen molar-refractivity contribution in [2.45, 2.75) is 17.7 Å². The van der Waals surface area contributed by atoms with E-state index in [1.807, 2.05) is 0 Å². The number of rotatable bonds is 4. The molecule has 0 aliphatic carbocycles. The zero-order valence-electron chi connectivity index (χ0n) is 10.7. The highest BCUT2D eigenvalue weighted by atomic mass is 32.2. The van der Waals surface area contributed by atoms with Crippen LogP contribution in [-0.2, 0) is 14.8 Å². The molecule has 1 fully saturated rings. The Morgan fingerprint density at radius 2 is 2.20 bits per heavy atom. The lowest BCUT2D eigenvalue weighted by atomic mass is 10.3. The first-order chi connectivity index (χ1) is 9.49. The Morgan fingerprint density at radius 1 is 1.45 bits per heavy atom. The van der Waals surface area contributed by atoms with Gasteiger partial charge in [-0.1, -0.05) is 0 Å². The van der Waals surface area contributed by atoms with E-state index in [2.05, 4.69) is 9.43 Å². The van der Waals surface area contributed by atoms with Gasteiger partial charge >= 0.3 is 0 Å². The van der Waals surface area contributed by atoms with Crippen molar-refractivity contribution < 1.29 is 17.9 Å². The van der Waals surface area contributed by atoms with Gasteiger partial charge in [-0.15, -0.1) is 0 Å². The van der Waals surface area contributed by atoms with Crippen molar-refractivity contribution in [1.82, 2.24) is 0 Å². The zero-order valence-corrected chi connectivity index (χ0v) is 11.5. The Bertz CT molecular complexity index is 694. The van der Waals surface area contributed by atoms with Crippen LogP contribution in [0.15, 0.2) is 27.6 Å². The normalized spacial score (nSPS) is 15.1. The molecule has 0 bridgehead atoms. The lowest BCUT2D eigenvalue weighted by Crippen LogP contribution is -2.23. The van der Waals surface area contributed by atoms with E-state index in [1.165, 1.54) is 24.1 Å². The van der Waals surface area contributed by atoms with Crippen molar-refractivity contribution >= 4 is 21.6 Å². The summed E-state index contributed by atoms with van der Waals surface area (Å²) in [5.41, 5.74) is 8.77. The van der Waals surface area contributed by atoms with E-state index in [4.69, 9.17) is 10.3 Å². The maximum Gasteiger partial charge on any atom is 0.268 e. The molecule has 1 amide bonds. The molecule has 1 aromatic rings. The van der Waals surface area contributed by atoms with Crippen LogP contribution in [0.4, 0.5) is 5.69 Å². The fourth-order valence-electron chi connectivity index (χ4n) is 2.05. The molecule has 0 aromatic heterocycles. The lowest BCUT2D eigenvalue weighted by molar-refractivity contribution is -0.117. The van der Waals surface area contributed by atoms with E-state index in [-0.39, 0.29) is 16.6 Å². The van der Waals surface area contributed by atoms with Crippen LogP contribution in [0.25, 0.3) is 10.4 Å². The van der Waals surface area contributed by atoms with Crippen LogP contribution in [0.5, 0.6) is 5.75 Å². The third-order valence-corrected chi connectivity index (χ3v) is 4.12. The number of carbonyl (C=O) groups excluding carboxylic acids is 1. The molecule has 1 aliphatic heterocycles. The molecule has 1 aliphatic rings. The van der Waals surface area contributed by atoms with E-state index in [0.29, 0.717) is 18.7 Å². The van der Waals surface area contributed by atoms with Crippen molar-refractivity contribution in [3.63, 3.8) is 0 Å². The minimum absolute atomic E-state index is 0.0628. The summed E-state index contributed by atoms with van der Waals surface area (Å²) in [7, 11) is -2.87. The number of methoxy groups -OCH3 is 1. The summed E-state index contributed by atoms with van der Waals surface area (Å²) in [6.07, 6.45) is 1.16. The van der Waals surface area contributed by atoms with Gasteiger partial charge in [0.1, 0.15) is 10.6 Å². The fourth-order valence-corrected chi connectivity index (χ4v) is 2.91.